The summed E-state index contributed by atoms with van der Waals surface area (Å²) in [5.74, 6) is 0.639. The van der Waals surface area contributed by atoms with Crippen molar-refractivity contribution in [3.05, 3.63) is 5.89 Å². The average Bonchev–Trinajstić information content (AvgIpc) is 2.69. The van der Waals surface area contributed by atoms with E-state index >= 15 is 0 Å². The fourth-order valence-electron chi connectivity index (χ4n) is 1.84. The first-order valence-electron chi connectivity index (χ1n) is 6.19. The van der Waals surface area contributed by atoms with Crippen LogP contribution in [0.4, 0.5) is 6.01 Å². The maximum atomic E-state index is 5.61. The van der Waals surface area contributed by atoms with E-state index in [1.54, 1.807) is 0 Å². The summed E-state index contributed by atoms with van der Waals surface area (Å²) in [6, 6.07) is 0.607. The smallest absolute Gasteiger partial charge is 0.318 e. The second-order valence-corrected chi connectivity index (χ2v) is 4.24. The maximum absolute atomic E-state index is 5.61. The summed E-state index contributed by atoms with van der Waals surface area (Å²) < 4.78 is 11.2. The van der Waals surface area contributed by atoms with E-state index in [1.165, 1.54) is 0 Å². The van der Waals surface area contributed by atoms with Crippen LogP contribution in [0.2, 0.25) is 0 Å². The molecule has 1 unspecified atom stereocenters. The summed E-state index contributed by atoms with van der Waals surface area (Å²) in [5.41, 5.74) is 0. The molecule has 1 N–H and O–H groups in total. The lowest BCUT2D eigenvalue weighted by molar-refractivity contribution is 0.0818. The van der Waals surface area contributed by atoms with Crippen molar-refractivity contribution in [2.45, 2.75) is 32.9 Å². The fourth-order valence-corrected chi connectivity index (χ4v) is 1.84. The number of aromatic nitrogens is 2. The molecule has 2 heterocycles. The zero-order chi connectivity index (χ0) is 12.1. The van der Waals surface area contributed by atoms with E-state index in [4.69, 9.17) is 9.15 Å². The van der Waals surface area contributed by atoms with Gasteiger partial charge in [0.05, 0.1) is 12.6 Å². The van der Waals surface area contributed by atoms with E-state index in [0.29, 0.717) is 18.5 Å². The van der Waals surface area contributed by atoms with Crippen molar-refractivity contribution >= 4 is 6.01 Å². The minimum absolute atomic E-state index is 0.210. The Balaban J connectivity index is 1.97. The lowest BCUT2D eigenvalue weighted by atomic mass is 10.3. The molecule has 1 saturated heterocycles. The third-order valence-corrected chi connectivity index (χ3v) is 2.71. The van der Waals surface area contributed by atoms with Crippen LogP contribution in [0.3, 0.4) is 0 Å². The fraction of sp³-hybridized carbons (Fsp3) is 0.818. The molecule has 1 atom stereocenters. The summed E-state index contributed by atoms with van der Waals surface area (Å²) in [6.07, 6.45) is 1.21. The van der Waals surface area contributed by atoms with Gasteiger partial charge in [0.2, 0.25) is 5.89 Å². The molecule has 0 aliphatic carbocycles. The summed E-state index contributed by atoms with van der Waals surface area (Å²) in [4.78, 5) is 2.10. The zero-order valence-corrected chi connectivity index (χ0v) is 10.5. The summed E-state index contributed by atoms with van der Waals surface area (Å²) in [6.45, 7) is 8.15. The maximum Gasteiger partial charge on any atom is 0.318 e. The van der Waals surface area contributed by atoms with Gasteiger partial charge in [-0.25, -0.2) is 0 Å². The lowest BCUT2D eigenvalue weighted by Crippen LogP contribution is -2.30. The van der Waals surface area contributed by atoms with Gasteiger partial charge in [0.25, 0.3) is 0 Å². The number of nitrogens with one attached hydrogen (secondary N) is 1. The van der Waals surface area contributed by atoms with E-state index in [0.717, 1.165) is 32.7 Å². The standard InChI is InChI=1S/C11H20N4O2/c1-3-12-7-10-13-14-11(17-10)15-5-4-6-16-9(2)8-15/h9,12H,3-8H2,1-2H3. The van der Waals surface area contributed by atoms with Gasteiger partial charge in [-0.2, -0.15) is 0 Å². The van der Waals surface area contributed by atoms with Crippen LogP contribution in [0.1, 0.15) is 26.2 Å². The van der Waals surface area contributed by atoms with Gasteiger partial charge in [0.1, 0.15) is 0 Å². The number of rotatable bonds is 4. The van der Waals surface area contributed by atoms with E-state index < -0.39 is 0 Å². The van der Waals surface area contributed by atoms with Crippen molar-refractivity contribution in [3.63, 3.8) is 0 Å². The van der Waals surface area contributed by atoms with Crippen molar-refractivity contribution in [1.29, 1.82) is 0 Å². The van der Waals surface area contributed by atoms with Crippen molar-refractivity contribution in [2.24, 2.45) is 0 Å². The van der Waals surface area contributed by atoms with Crippen LogP contribution in [0.5, 0.6) is 0 Å². The van der Waals surface area contributed by atoms with Crippen LogP contribution in [0, 0.1) is 0 Å². The molecule has 0 radical (unpaired) electrons. The predicted molar refractivity (Wildman–Crippen MR) is 63.9 cm³/mol. The number of anilines is 1. The minimum atomic E-state index is 0.210. The van der Waals surface area contributed by atoms with Gasteiger partial charge < -0.3 is 19.4 Å². The third kappa shape index (κ3) is 3.41. The highest BCUT2D eigenvalue weighted by molar-refractivity contribution is 5.24. The van der Waals surface area contributed by atoms with Gasteiger partial charge in [-0.3, -0.25) is 0 Å². The highest BCUT2D eigenvalue weighted by Crippen LogP contribution is 2.16. The Morgan fingerprint density at radius 2 is 2.35 bits per heavy atom. The molecule has 1 fully saturated rings. The third-order valence-electron chi connectivity index (χ3n) is 2.71. The van der Waals surface area contributed by atoms with Crippen molar-refractivity contribution in [1.82, 2.24) is 15.5 Å². The number of ether oxygens (including phenoxy) is 1. The first-order chi connectivity index (χ1) is 8.29. The Bertz CT molecular complexity index is 342. The van der Waals surface area contributed by atoms with Crippen LogP contribution in [-0.2, 0) is 11.3 Å². The molecule has 6 nitrogen and oxygen atoms in total. The Labute approximate surface area is 101 Å². The molecule has 0 amide bonds. The van der Waals surface area contributed by atoms with Crippen LogP contribution in [0.15, 0.2) is 4.42 Å². The van der Waals surface area contributed by atoms with Crippen molar-refractivity contribution in [2.75, 3.05) is 31.1 Å². The van der Waals surface area contributed by atoms with Gasteiger partial charge in [-0.1, -0.05) is 12.0 Å². The van der Waals surface area contributed by atoms with Gasteiger partial charge in [0, 0.05) is 19.7 Å². The molecule has 1 aromatic rings. The van der Waals surface area contributed by atoms with E-state index in [9.17, 15) is 0 Å². The van der Waals surface area contributed by atoms with Crippen LogP contribution >= 0.6 is 0 Å². The first-order valence-corrected chi connectivity index (χ1v) is 6.19. The van der Waals surface area contributed by atoms with Gasteiger partial charge in [-0.15, -0.1) is 5.10 Å². The van der Waals surface area contributed by atoms with Crippen LogP contribution in [0.25, 0.3) is 0 Å². The molecular weight excluding hydrogens is 220 g/mol. The number of nitrogens with zero attached hydrogens (tertiary/aromatic N) is 3. The molecule has 96 valence electrons. The van der Waals surface area contributed by atoms with Crippen molar-refractivity contribution in [3.8, 4) is 0 Å². The van der Waals surface area contributed by atoms with Crippen LogP contribution < -0.4 is 10.2 Å². The highest BCUT2D eigenvalue weighted by Gasteiger charge is 2.19. The summed E-state index contributed by atoms with van der Waals surface area (Å²) >= 11 is 0. The summed E-state index contributed by atoms with van der Waals surface area (Å²) in [7, 11) is 0. The second kappa shape index (κ2) is 5.97. The molecule has 1 aliphatic heterocycles. The molecule has 1 aromatic heterocycles. The zero-order valence-electron chi connectivity index (χ0n) is 10.5. The Morgan fingerprint density at radius 3 is 3.18 bits per heavy atom. The molecule has 2 rings (SSSR count). The molecule has 0 spiro atoms. The molecule has 1 aliphatic rings. The Hall–Kier alpha value is -1.14. The summed E-state index contributed by atoms with van der Waals surface area (Å²) in [5, 5.41) is 11.3. The van der Waals surface area contributed by atoms with E-state index in [-0.39, 0.29) is 6.10 Å². The van der Waals surface area contributed by atoms with Gasteiger partial charge in [-0.05, 0) is 19.9 Å². The van der Waals surface area contributed by atoms with Crippen LogP contribution in [-0.4, -0.2) is 42.5 Å². The quantitative estimate of drug-likeness (QED) is 0.839. The lowest BCUT2D eigenvalue weighted by Gasteiger charge is -2.18. The topological polar surface area (TPSA) is 63.4 Å². The Morgan fingerprint density at radius 1 is 1.47 bits per heavy atom. The molecule has 0 saturated carbocycles. The molecule has 6 heteroatoms. The second-order valence-electron chi connectivity index (χ2n) is 4.24. The SMILES string of the molecule is CCNCc1nnc(N2CCCOC(C)C2)o1. The normalized spacial score (nSPS) is 21.5. The van der Waals surface area contributed by atoms with Crippen molar-refractivity contribution < 1.29 is 9.15 Å². The molecule has 0 bridgehead atoms. The highest BCUT2D eigenvalue weighted by atomic mass is 16.5. The van der Waals surface area contributed by atoms with Gasteiger partial charge in [0.15, 0.2) is 0 Å². The monoisotopic (exact) mass is 240 g/mol. The predicted octanol–water partition coefficient (Wildman–Crippen LogP) is 0.794. The Kier molecular flexibility index (Phi) is 4.33. The first kappa shape index (κ1) is 12.3. The van der Waals surface area contributed by atoms with E-state index in [1.807, 2.05) is 6.92 Å². The number of hydrogen-bond acceptors (Lipinski definition) is 6. The van der Waals surface area contributed by atoms with E-state index in [2.05, 4.69) is 27.3 Å². The van der Waals surface area contributed by atoms with Gasteiger partial charge >= 0.3 is 6.01 Å². The minimum Gasteiger partial charge on any atom is -0.407 e. The molecular formula is C11H20N4O2. The molecule has 0 aromatic carbocycles. The average molecular weight is 240 g/mol. The number of hydrogen-bond donors (Lipinski definition) is 1. The largest absolute Gasteiger partial charge is 0.407 e. The molecule has 17 heavy (non-hydrogen) atoms.